The van der Waals surface area contributed by atoms with Crippen molar-refractivity contribution in [3.8, 4) is 11.5 Å². The summed E-state index contributed by atoms with van der Waals surface area (Å²) in [5, 5.41) is -3.81. The fraction of sp³-hybridized carbons (Fsp3) is 0.333. The van der Waals surface area contributed by atoms with Crippen LogP contribution in [0.15, 0.2) is 34.7 Å². The lowest BCUT2D eigenvalue weighted by atomic mass is 9.99. The van der Waals surface area contributed by atoms with Crippen molar-refractivity contribution in [2.75, 3.05) is 14.2 Å². The first-order chi connectivity index (χ1) is 9.29. The van der Waals surface area contributed by atoms with Gasteiger partial charge in [0.1, 0.15) is 11.5 Å². The largest absolute Gasteiger partial charge is 0.495 e. The Bertz CT molecular complexity index is 553. The Morgan fingerprint density at radius 1 is 0.950 bits per heavy atom. The summed E-state index contributed by atoms with van der Waals surface area (Å²) in [5.41, 5.74) is 0. The number of allylic oxidation sites excluding steroid dienone is 1. The molecule has 0 aromatic heterocycles. The van der Waals surface area contributed by atoms with Gasteiger partial charge >= 0.3 is 5.92 Å². The molecular formula is C12H9F5O2S. The molecule has 0 aliphatic heterocycles. The van der Waals surface area contributed by atoms with Gasteiger partial charge in [0.25, 0.3) is 5.00 Å². The molecule has 0 fully saturated rings. The molecular weight excluding hydrogens is 303 g/mol. The number of hydrogen-bond acceptors (Lipinski definition) is 3. The third-order valence-electron chi connectivity index (χ3n) is 2.78. The van der Waals surface area contributed by atoms with Gasteiger partial charge in [-0.15, -0.1) is 0 Å². The van der Waals surface area contributed by atoms with Crippen LogP contribution in [0.3, 0.4) is 0 Å². The molecule has 8 heteroatoms. The summed E-state index contributed by atoms with van der Waals surface area (Å²) in [4.78, 5) is -0.178. The number of rotatable bonds is 4. The Hall–Kier alpha value is -1.44. The number of benzene rings is 1. The predicted octanol–water partition coefficient (Wildman–Crippen LogP) is 4.26. The van der Waals surface area contributed by atoms with E-state index in [1.807, 2.05) is 0 Å². The van der Waals surface area contributed by atoms with Gasteiger partial charge in [-0.3, -0.25) is 0 Å². The van der Waals surface area contributed by atoms with Gasteiger partial charge in [-0.1, -0.05) is 17.8 Å². The average Bonchev–Trinajstić information content (AvgIpc) is 2.45. The van der Waals surface area contributed by atoms with Crippen molar-refractivity contribution >= 4 is 11.8 Å². The number of methoxy groups -OCH3 is 2. The molecule has 0 spiro atoms. The van der Waals surface area contributed by atoms with Crippen LogP contribution in [0.5, 0.6) is 11.5 Å². The van der Waals surface area contributed by atoms with Crippen molar-refractivity contribution in [2.45, 2.75) is 15.8 Å². The molecule has 1 aromatic rings. The van der Waals surface area contributed by atoms with Crippen molar-refractivity contribution in [3.63, 3.8) is 0 Å². The quantitative estimate of drug-likeness (QED) is 0.774. The first-order valence-electron chi connectivity index (χ1n) is 5.32. The van der Waals surface area contributed by atoms with Crippen LogP contribution >= 0.6 is 11.8 Å². The lowest BCUT2D eigenvalue weighted by molar-refractivity contribution is -0.104. The van der Waals surface area contributed by atoms with Crippen molar-refractivity contribution < 1.29 is 31.4 Å². The van der Waals surface area contributed by atoms with Gasteiger partial charge in [-0.05, 0) is 12.1 Å². The van der Waals surface area contributed by atoms with E-state index >= 15 is 0 Å². The fourth-order valence-corrected chi connectivity index (χ4v) is 2.84. The Morgan fingerprint density at radius 2 is 1.45 bits per heavy atom. The summed E-state index contributed by atoms with van der Waals surface area (Å²) < 4.78 is 76.2. The summed E-state index contributed by atoms with van der Waals surface area (Å²) in [6.45, 7) is 0. The van der Waals surface area contributed by atoms with Crippen molar-refractivity contribution in [1.29, 1.82) is 0 Å². The van der Waals surface area contributed by atoms with Gasteiger partial charge in [0.2, 0.25) is 5.83 Å². The van der Waals surface area contributed by atoms with Crippen LogP contribution in [0.25, 0.3) is 0 Å². The molecule has 20 heavy (non-hydrogen) atoms. The Labute approximate surface area is 115 Å². The Morgan fingerprint density at radius 3 is 1.85 bits per heavy atom. The van der Waals surface area contributed by atoms with E-state index in [4.69, 9.17) is 9.47 Å². The molecule has 0 N–H and O–H groups in total. The number of halogens is 5. The van der Waals surface area contributed by atoms with Crippen LogP contribution in [-0.2, 0) is 0 Å². The first-order valence-corrected chi connectivity index (χ1v) is 6.14. The SMILES string of the molecule is COc1cccc(OC)c1SC1(F)C(F)=C(F)C1(F)F. The maximum atomic E-state index is 14.1. The van der Waals surface area contributed by atoms with E-state index < -0.39 is 22.6 Å². The molecule has 0 saturated carbocycles. The Kier molecular flexibility index (Phi) is 3.62. The molecule has 1 unspecified atom stereocenters. The molecule has 1 atom stereocenters. The summed E-state index contributed by atoms with van der Waals surface area (Å²) in [6, 6.07) is 4.21. The molecule has 0 bridgehead atoms. The van der Waals surface area contributed by atoms with Crippen LogP contribution in [0.4, 0.5) is 22.0 Å². The molecule has 0 radical (unpaired) electrons. The summed E-state index contributed by atoms with van der Waals surface area (Å²) >= 11 is -0.186. The molecule has 1 aliphatic carbocycles. The van der Waals surface area contributed by atoms with Crippen LogP contribution in [0.2, 0.25) is 0 Å². The van der Waals surface area contributed by atoms with E-state index in [2.05, 4.69) is 0 Å². The number of thioether (sulfide) groups is 1. The molecule has 1 aliphatic rings. The van der Waals surface area contributed by atoms with E-state index in [-0.39, 0.29) is 28.2 Å². The highest BCUT2D eigenvalue weighted by molar-refractivity contribution is 8.01. The lowest BCUT2D eigenvalue weighted by Gasteiger charge is -2.38. The normalized spacial score (nSPS) is 24.4. The third-order valence-corrected chi connectivity index (χ3v) is 4.10. The monoisotopic (exact) mass is 312 g/mol. The molecule has 110 valence electrons. The standard InChI is InChI=1S/C12H9F5O2S/c1-18-6-4-3-5-7(19-2)8(6)20-12(17)10(14)9(13)11(12,15)16/h3-5H,1-2H3. The second-order valence-electron chi connectivity index (χ2n) is 3.89. The third kappa shape index (κ3) is 1.85. The summed E-state index contributed by atoms with van der Waals surface area (Å²) in [7, 11) is 2.46. The molecule has 2 rings (SSSR count). The highest BCUT2D eigenvalue weighted by Crippen LogP contribution is 2.64. The van der Waals surface area contributed by atoms with Gasteiger partial charge in [-0.2, -0.15) is 8.78 Å². The van der Waals surface area contributed by atoms with Crippen molar-refractivity contribution in [2.24, 2.45) is 0 Å². The Balaban J connectivity index is 2.46. The summed E-state index contributed by atoms with van der Waals surface area (Å²) in [6.07, 6.45) is 0. The van der Waals surface area contributed by atoms with Gasteiger partial charge in [0.15, 0.2) is 5.83 Å². The predicted molar refractivity (Wildman–Crippen MR) is 63.4 cm³/mol. The van der Waals surface area contributed by atoms with E-state index in [1.165, 1.54) is 32.4 Å². The molecule has 2 nitrogen and oxygen atoms in total. The van der Waals surface area contributed by atoms with Crippen molar-refractivity contribution in [1.82, 2.24) is 0 Å². The summed E-state index contributed by atoms with van der Waals surface area (Å²) in [5.74, 6) is -9.01. The van der Waals surface area contributed by atoms with E-state index in [9.17, 15) is 22.0 Å². The fourth-order valence-electron chi connectivity index (χ4n) is 1.66. The first kappa shape index (κ1) is 15.0. The lowest BCUT2D eigenvalue weighted by Crippen LogP contribution is -2.52. The molecule has 0 heterocycles. The maximum absolute atomic E-state index is 14.1. The van der Waals surface area contributed by atoms with Crippen molar-refractivity contribution in [3.05, 3.63) is 29.9 Å². The van der Waals surface area contributed by atoms with Crippen LogP contribution in [0.1, 0.15) is 0 Å². The van der Waals surface area contributed by atoms with Gasteiger partial charge in [0.05, 0.1) is 19.1 Å². The average molecular weight is 312 g/mol. The number of ether oxygens (including phenoxy) is 2. The van der Waals surface area contributed by atoms with Crippen LogP contribution in [0, 0.1) is 0 Å². The molecule has 0 saturated heterocycles. The number of hydrogen-bond donors (Lipinski definition) is 0. The minimum atomic E-state index is -4.53. The maximum Gasteiger partial charge on any atom is 0.351 e. The smallest absolute Gasteiger partial charge is 0.351 e. The minimum absolute atomic E-state index is 0.0160. The van der Waals surface area contributed by atoms with Gasteiger partial charge < -0.3 is 9.47 Å². The van der Waals surface area contributed by atoms with Gasteiger partial charge in [-0.25, -0.2) is 13.2 Å². The van der Waals surface area contributed by atoms with E-state index in [1.54, 1.807) is 0 Å². The van der Waals surface area contributed by atoms with Crippen LogP contribution in [-0.4, -0.2) is 25.1 Å². The topological polar surface area (TPSA) is 18.5 Å². The van der Waals surface area contributed by atoms with Gasteiger partial charge in [0, 0.05) is 0 Å². The van der Waals surface area contributed by atoms with E-state index in [0.29, 0.717) is 0 Å². The molecule has 0 amide bonds. The highest BCUT2D eigenvalue weighted by atomic mass is 32.2. The highest BCUT2D eigenvalue weighted by Gasteiger charge is 2.73. The zero-order valence-corrected chi connectivity index (χ0v) is 11.2. The zero-order chi connectivity index (χ0) is 15.1. The van der Waals surface area contributed by atoms with E-state index in [0.717, 1.165) is 0 Å². The van der Waals surface area contributed by atoms with Crippen LogP contribution < -0.4 is 9.47 Å². The molecule has 1 aromatic carbocycles. The second-order valence-corrected chi connectivity index (χ2v) is 5.07. The zero-order valence-electron chi connectivity index (χ0n) is 10.3. The second kappa shape index (κ2) is 4.83. The minimum Gasteiger partial charge on any atom is -0.495 e. The number of alkyl halides is 3.